The number of aromatic nitrogens is 2. The SMILES string of the molecule is Cc1ccc(C(N)=O)cc1-c1ccnc2[nH]ccc12. The number of carbonyl (C=O) groups excluding carboxylic acids is 1. The van der Waals surface area contributed by atoms with Crippen LogP contribution in [0.5, 0.6) is 0 Å². The standard InChI is InChI=1S/C15H13N3O/c1-9-2-3-10(14(16)19)8-13(9)11-4-6-17-15-12(11)5-7-18-15/h2-8H,1H3,(H2,16,19)(H,17,18). The van der Waals surface area contributed by atoms with Gasteiger partial charge in [-0.1, -0.05) is 6.07 Å². The van der Waals surface area contributed by atoms with E-state index in [-0.39, 0.29) is 0 Å². The average Bonchev–Trinajstić information content (AvgIpc) is 2.87. The van der Waals surface area contributed by atoms with Gasteiger partial charge in [0, 0.05) is 23.3 Å². The topological polar surface area (TPSA) is 71.8 Å². The van der Waals surface area contributed by atoms with Crippen molar-refractivity contribution in [3.63, 3.8) is 0 Å². The molecule has 0 aliphatic carbocycles. The Labute approximate surface area is 110 Å². The third kappa shape index (κ3) is 1.87. The minimum atomic E-state index is -0.416. The summed E-state index contributed by atoms with van der Waals surface area (Å²) in [5.41, 5.74) is 9.84. The number of hydrogen-bond acceptors (Lipinski definition) is 2. The maximum Gasteiger partial charge on any atom is 0.248 e. The lowest BCUT2D eigenvalue weighted by atomic mass is 9.97. The van der Waals surface area contributed by atoms with Crippen LogP contribution in [0.2, 0.25) is 0 Å². The number of pyridine rings is 1. The summed E-state index contributed by atoms with van der Waals surface area (Å²) in [6.07, 6.45) is 3.61. The lowest BCUT2D eigenvalue weighted by Gasteiger charge is -2.08. The molecule has 0 saturated carbocycles. The summed E-state index contributed by atoms with van der Waals surface area (Å²) in [6.45, 7) is 2.01. The molecule has 0 spiro atoms. The van der Waals surface area contributed by atoms with Gasteiger partial charge in [0.05, 0.1) is 0 Å². The number of nitrogens with two attached hydrogens (primary N) is 1. The highest BCUT2D eigenvalue weighted by Gasteiger charge is 2.10. The number of amides is 1. The Hall–Kier alpha value is -2.62. The summed E-state index contributed by atoms with van der Waals surface area (Å²) in [6, 6.07) is 9.42. The quantitative estimate of drug-likeness (QED) is 0.735. The van der Waals surface area contributed by atoms with Crippen LogP contribution in [0.4, 0.5) is 0 Å². The number of nitrogens with zero attached hydrogens (tertiary/aromatic N) is 1. The predicted octanol–water partition coefficient (Wildman–Crippen LogP) is 2.64. The molecule has 2 heterocycles. The van der Waals surface area contributed by atoms with Crippen LogP contribution in [0.1, 0.15) is 15.9 Å². The van der Waals surface area contributed by atoms with Crippen molar-refractivity contribution in [2.45, 2.75) is 6.92 Å². The van der Waals surface area contributed by atoms with Gasteiger partial charge in [0.2, 0.25) is 5.91 Å². The zero-order valence-corrected chi connectivity index (χ0v) is 10.5. The van der Waals surface area contributed by atoms with E-state index in [4.69, 9.17) is 5.73 Å². The van der Waals surface area contributed by atoms with Crippen molar-refractivity contribution in [3.8, 4) is 11.1 Å². The van der Waals surface area contributed by atoms with Crippen molar-refractivity contribution < 1.29 is 4.79 Å². The van der Waals surface area contributed by atoms with Crippen molar-refractivity contribution in [3.05, 3.63) is 53.9 Å². The maximum atomic E-state index is 11.3. The minimum Gasteiger partial charge on any atom is -0.366 e. The summed E-state index contributed by atoms with van der Waals surface area (Å²) in [4.78, 5) is 18.7. The number of rotatable bonds is 2. The van der Waals surface area contributed by atoms with Crippen molar-refractivity contribution in [1.82, 2.24) is 9.97 Å². The second-order valence-corrected chi connectivity index (χ2v) is 4.49. The first-order valence-corrected chi connectivity index (χ1v) is 6.00. The number of benzene rings is 1. The van der Waals surface area contributed by atoms with Crippen molar-refractivity contribution in [2.75, 3.05) is 0 Å². The van der Waals surface area contributed by atoms with E-state index in [0.29, 0.717) is 5.56 Å². The Kier molecular flexibility index (Phi) is 2.56. The molecule has 2 aromatic heterocycles. The van der Waals surface area contributed by atoms with E-state index in [1.807, 2.05) is 37.4 Å². The average molecular weight is 251 g/mol. The van der Waals surface area contributed by atoms with E-state index in [2.05, 4.69) is 9.97 Å². The normalized spacial score (nSPS) is 10.8. The molecule has 0 aliphatic rings. The molecule has 0 unspecified atom stereocenters. The first kappa shape index (κ1) is 11.5. The molecule has 1 amide bonds. The predicted molar refractivity (Wildman–Crippen MR) is 74.8 cm³/mol. The highest BCUT2D eigenvalue weighted by atomic mass is 16.1. The molecule has 0 radical (unpaired) electrons. The molecule has 0 atom stereocenters. The number of primary amides is 1. The molecule has 3 aromatic rings. The summed E-state index contributed by atoms with van der Waals surface area (Å²) in [5.74, 6) is -0.416. The van der Waals surface area contributed by atoms with E-state index < -0.39 is 5.91 Å². The Bertz CT molecular complexity index is 774. The second kappa shape index (κ2) is 4.24. The monoisotopic (exact) mass is 251 g/mol. The summed E-state index contributed by atoms with van der Waals surface area (Å²) >= 11 is 0. The van der Waals surface area contributed by atoms with Crippen molar-refractivity contribution in [1.29, 1.82) is 0 Å². The summed E-state index contributed by atoms with van der Waals surface area (Å²) < 4.78 is 0. The highest BCUT2D eigenvalue weighted by molar-refractivity contribution is 5.98. The fraction of sp³-hybridized carbons (Fsp3) is 0.0667. The van der Waals surface area contributed by atoms with Gasteiger partial charge >= 0.3 is 0 Å². The molecule has 94 valence electrons. The second-order valence-electron chi connectivity index (χ2n) is 4.49. The Morgan fingerprint density at radius 1 is 1.21 bits per heavy atom. The van der Waals surface area contributed by atoms with Gasteiger partial charge in [-0.15, -0.1) is 0 Å². The molecule has 0 saturated heterocycles. The van der Waals surface area contributed by atoms with Crippen molar-refractivity contribution >= 4 is 16.9 Å². The number of aryl methyl sites for hydroxylation is 1. The third-order valence-electron chi connectivity index (χ3n) is 3.27. The van der Waals surface area contributed by atoms with Crippen LogP contribution < -0.4 is 5.73 Å². The number of H-pyrrole nitrogens is 1. The van der Waals surface area contributed by atoms with Crippen LogP contribution in [0.3, 0.4) is 0 Å². The van der Waals surface area contributed by atoms with E-state index in [0.717, 1.165) is 27.7 Å². The fourth-order valence-electron chi connectivity index (χ4n) is 2.26. The van der Waals surface area contributed by atoms with Gasteiger partial charge in [-0.3, -0.25) is 4.79 Å². The molecule has 19 heavy (non-hydrogen) atoms. The van der Waals surface area contributed by atoms with Crippen LogP contribution in [0, 0.1) is 6.92 Å². The van der Waals surface area contributed by atoms with Gasteiger partial charge < -0.3 is 10.7 Å². The highest BCUT2D eigenvalue weighted by Crippen LogP contribution is 2.30. The van der Waals surface area contributed by atoms with Crippen LogP contribution in [-0.4, -0.2) is 15.9 Å². The largest absolute Gasteiger partial charge is 0.366 e. The molecule has 4 nitrogen and oxygen atoms in total. The van der Waals surface area contributed by atoms with E-state index in [1.165, 1.54) is 0 Å². The summed E-state index contributed by atoms with van der Waals surface area (Å²) in [7, 11) is 0. The van der Waals surface area contributed by atoms with Gasteiger partial charge in [-0.05, 0) is 47.9 Å². The van der Waals surface area contributed by atoms with Crippen LogP contribution >= 0.6 is 0 Å². The number of fused-ring (bicyclic) bond motifs is 1. The molecule has 3 N–H and O–H groups in total. The lowest BCUT2D eigenvalue weighted by Crippen LogP contribution is -2.10. The number of aromatic amines is 1. The zero-order chi connectivity index (χ0) is 13.4. The van der Waals surface area contributed by atoms with Crippen LogP contribution in [-0.2, 0) is 0 Å². The van der Waals surface area contributed by atoms with Crippen LogP contribution in [0.25, 0.3) is 22.2 Å². The Morgan fingerprint density at radius 2 is 2.05 bits per heavy atom. The van der Waals surface area contributed by atoms with Crippen molar-refractivity contribution in [2.24, 2.45) is 5.73 Å². The number of hydrogen-bond donors (Lipinski definition) is 2. The smallest absolute Gasteiger partial charge is 0.248 e. The van der Waals surface area contributed by atoms with E-state index >= 15 is 0 Å². The van der Waals surface area contributed by atoms with Gasteiger partial charge in [0.15, 0.2) is 0 Å². The molecule has 1 aromatic carbocycles. The van der Waals surface area contributed by atoms with E-state index in [1.54, 1.807) is 12.3 Å². The molecular weight excluding hydrogens is 238 g/mol. The van der Waals surface area contributed by atoms with Gasteiger partial charge in [-0.25, -0.2) is 4.98 Å². The Balaban J connectivity index is 2.29. The Morgan fingerprint density at radius 3 is 2.84 bits per heavy atom. The lowest BCUT2D eigenvalue weighted by molar-refractivity contribution is 0.100. The van der Waals surface area contributed by atoms with Gasteiger partial charge in [0.1, 0.15) is 5.65 Å². The molecular formula is C15H13N3O. The summed E-state index contributed by atoms with van der Waals surface area (Å²) in [5, 5.41) is 1.03. The minimum absolute atomic E-state index is 0.416. The molecule has 0 aliphatic heterocycles. The van der Waals surface area contributed by atoms with Gasteiger partial charge in [0.25, 0.3) is 0 Å². The maximum absolute atomic E-state index is 11.3. The molecule has 3 rings (SSSR count). The zero-order valence-electron chi connectivity index (χ0n) is 10.5. The number of nitrogens with one attached hydrogen (secondary N) is 1. The number of carbonyl (C=O) groups is 1. The van der Waals surface area contributed by atoms with Crippen LogP contribution in [0.15, 0.2) is 42.7 Å². The first-order valence-electron chi connectivity index (χ1n) is 6.00. The molecule has 0 fully saturated rings. The fourth-order valence-corrected chi connectivity index (χ4v) is 2.26. The molecule has 0 bridgehead atoms. The first-order chi connectivity index (χ1) is 9.16. The molecule has 4 heteroatoms. The third-order valence-corrected chi connectivity index (χ3v) is 3.27. The van der Waals surface area contributed by atoms with E-state index in [9.17, 15) is 4.79 Å². The van der Waals surface area contributed by atoms with Gasteiger partial charge in [-0.2, -0.15) is 0 Å².